The maximum absolute atomic E-state index is 10.7. The summed E-state index contributed by atoms with van der Waals surface area (Å²) < 4.78 is 0. The maximum atomic E-state index is 10.7. The highest BCUT2D eigenvalue weighted by Crippen LogP contribution is 1.95. The molecular formula is C6H6N4O. The molecule has 0 aromatic carbocycles. The zero-order chi connectivity index (χ0) is 8.10. The van der Waals surface area contributed by atoms with Crippen LogP contribution in [0.4, 0.5) is 5.82 Å². The quantitative estimate of drug-likeness (QED) is 0.602. The third-order valence-corrected chi connectivity index (χ3v) is 0.940. The first-order chi connectivity index (χ1) is 5.33. The Hall–Kier alpha value is -1.78. The Balaban J connectivity index is 2.65. The van der Waals surface area contributed by atoms with E-state index >= 15 is 0 Å². The van der Waals surface area contributed by atoms with Gasteiger partial charge in [-0.1, -0.05) is 6.58 Å². The molecule has 0 bridgehead atoms. The molecule has 1 N–H and O–H groups in total. The van der Waals surface area contributed by atoms with E-state index in [4.69, 9.17) is 0 Å². The number of aromatic nitrogens is 3. The second-order valence-electron chi connectivity index (χ2n) is 1.70. The fraction of sp³-hybridized carbons (Fsp3) is 0. The van der Waals surface area contributed by atoms with Crippen LogP contribution in [0.3, 0.4) is 0 Å². The van der Waals surface area contributed by atoms with Gasteiger partial charge in [0.2, 0.25) is 5.91 Å². The standard InChI is InChI=1S/C6H6N4O/c1-2-6(11)8-5-3-4-7-10-9-5/h2-4H,1H2,(H,7,8,9,11). The van der Waals surface area contributed by atoms with Crippen molar-refractivity contribution in [2.75, 3.05) is 5.32 Å². The lowest BCUT2D eigenvalue weighted by molar-refractivity contribution is -0.111. The normalized spacial score (nSPS) is 8.73. The summed E-state index contributed by atoms with van der Waals surface area (Å²) in [4.78, 5) is 10.7. The fourth-order valence-corrected chi connectivity index (χ4v) is 0.485. The van der Waals surface area contributed by atoms with Crippen molar-refractivity contribution >= 4 is 11.7 Å². The highest BCUT2D eigenvalue weighted by Gasteiger charge is 1.95. The van der Waals surface area contributed by atoms with Crippen molar-refractivity contribution in [3.63, 3.8) is 0 Å². The van der Waals surface area contributed by atoms with E-state index in [0.29, 0.717) is 5.82 Å². The van der Waals surface area contributed by atoms with Gasteiger partial charge < -0.3 is 5.32 Å². The summed E-state index contributed by atoms with van der Waals surface area (Å²) >= 11 is 0. The molecule has 0 saturated carbocycles. The minimum absolute atomic E-state index is 0.314. The molecule has 1 amide bonds. The van der Waals surface area contributed by atoms with Gasteiger partial charge in [0.05, 0.1) is 6.20 Å². The van der Waals surface area contributed by atoms with Crippen LogP contribution in [-0.4, -0.2) is 21.3 Å². The molecule has 11 heavy (non-hydrogen) atoms. The minimum atomic E-state index is -0.314. The van der Waals surface area contributed by atoms with E-state index in [-0.39, 0.29) is 5.91 Å². The van der Waals surface area contributed by atoms with Gasteiger partial charge in [-0.05, 0) is 11.3 Å². The smallest absolute Gasteiger partial charge is 0.248 e. The van der Waals surface area contributed by atoms with E-state index in [2.05, 4.69) is 27.3 Å². The number of hydrogen-bond acceptors (Lipinski definition) is 4. The van der Waals surface area contributed by atoms with Crippen LogP contribution in [0.2, 0.25) is 0 Å². The number of carbonyl (C=O) groups is 1. The summed E-state index contributed by atoms with van der Waals surface area (Å²) in [6, 6.07) is 1.54. The molecule has 0 fully saturated rings. The number of carbonyl (C=O) groups excluding carboxylic acids is 1. The lowest BCUT2D eigenvalue weighted by Crippen LogP contribution is -2.09. The lowest BCUT2D eigenvalue weighted by atomic mass is 10.5. The van der Waals surface area contributed by atoms with Gasteiger partial charge in [0.15, 0.2) is 5.82 Å². The predicted octanol–water partition coefficient (Wildman–Crippen LogP) is -0.00390. The predicted molar refractivity (Wildman–Crippen MR) is 38.7 cm³/mol. The number of anilines is 1. The topological polar surface area (TPSA) is 67.8 Å². The monoisotopic (exact) mass is 150 g/mol. The van der Waals surface area contributed by atoms with Crippen molar-refractivity contribution in [2.24, 2.45) is 0 Å². The second-order valence-corrected chi connectivity index (χ2v) is 1.70. The van der Waals surface area contributed by atoms with Crippen molar-refractivity contribution in [1.29, 1.82) is 0 Å². The third-order valence-electron chi connectivity index (χ3n) is 0.940. The summed E-state index contributed by atoms with van der Waals surface area (Å²) in [6.07, 6.45) is 2.59. The lowest BCUT2D eigenvalue weighted by Gasteiger charge is -1.95. The van der Waals surface area contributed by atoms with Crippen molar-refractivity contribution < 1.29 is 4.79 Å². The number of nitrogens with zero attached hydrogens (tertiary/aromatic N) is 3. The Morgan fingerprint density at radius 3 is 3.09 bits per heavy atom. The molecule has 1 heterocycles. The van der Waals surface area contributed by atoms with Crippen LogP contribution in [0.5, 0.6) is 0 Å². The fourth-order valence-electron chi connectivity index (χ4n) is 0.485. The Morgan fingerprint density at radius 2 is 2.55 bits per heavy atom. The highest BCUT2D eigenvalue weighted by atomic mass is 16.1. The van der Waals surface area contributed by atoms with E-state index in [1.54, 1.807) is 0 Å². The van der Waals surface area contributed by atoms with Crippen LogP contribution in [0, 0.1) is 0 Å². The van der Waals surface area contributed by atoms with Crippen LogP contribution in [0.15, 0.2) is 24.9 Å². The van der Waals surface area contributed by atoms with Gasteiger partial charge in [-0.3, -0.25) is 4.79 Å². The molecule has 0 aliphatic heterocycles. The molecule has 5 heteroatoms. The van der Waals surface area contributed by atoms with Crippen LogP contribution in [0.25, 0.3) is 0 Å². The van der Waals surface area contributed by atoms with Crippen LogP contribution >= 0.6 is 0 Å². The van der Waals surface area contributed by atoms with E-state index in [1.165, 1.54) is 12.3 Å². The third kappa shape index (κ3) is 2.13. The van der Waals surface area contributed by atoms with Crippen LogP contribution < -0.4 is 5.32 Å². The van der Waals surface area contributed by atoms with Gasteiger partial charge in [0.25, 0.3) is 0 Å². The summed E-state index contributed by atoms with van der Waals surface area (Å²) in [7, 11) is 0. The van der Waals surface area contributed by atoms with E-state index in [0.717, 1.165) is 6.08 Å². The summed E-state index contributed by atoms with van der Waals surface area (Å²) in [5, 5.41) is 12.7. The average Bonchev–Trinajstić information content (AvgIpc) is 2.06. The Labute approximate surface area is 63.1 Å². The second kappa shape index (κ2) is 3.40. The summed E-state index contributed by atoms with van der Waals surface area (Å²) in [5.74, 6) is 0.0513. The highest BCUT2D eigenvalue weighted by molar-refractivity contribution is 5.98. The molecule has 0 atom stereocenters. The molecule has 56 valence electrons. The molecule has 0 radical (unpaired) electrons. The van der Waals surface area contributed by atoms with Gasteiger partial charge in [0, 0.05) is 6.07 Å². The average molecular weight is 150 g/mol. The number of hydrogen-bond donors (Lipinski definition) is 1. The Bertz CT molecular complexity index is 259. The molecule has 1 rings (SSSR count). The van der Waals surface area contributed by atoms with Gasteiger partial charge in [-0.25, -0.2) is 0 Å². The molecule has 0 aliphatic rings. The summed E-state index contributed by atoms with van der Waals surface area (Å²) in [5.41, 5.74) is 0. The zero-order valence-electron chi connectivity index (χ0n) is 5.69. The van der Waals surface area contributed by atoms with Crippen LogP contribution in [-0.2, 0) is 4.79 Å². The first-order valence-electron chi connectivity index (χ1n) is 2.90. The molecule has 1 aromatic rings. The van der Waals surface area contributed by atoms with Crippen molar-refractivity contribution in [3.8, 4) is 0 Å². The Morgan fingerprint density at radius 1 is 1.73 bits per heavy atom. The molecule has 0 unspecified atom stereocenters. The maximum Gasteiger partial charge on any atom is 0.248 e. The molecule has 0 saturated heterocycles. The van der Waals surface area contributed by atoms with Gasteiger partial charge in [0.1, 0.15) is 0 Å². The van der Waals surface area contributed by atoms with Crippen molar-refractivity contribution in [2.45, 2.75) is 0 Å². The largest absolute Gasteiger partial charge is 0.305 e. The van der Waals surface area contributed by atoms with Crippen LogP contribution in [0.1, 0.15) is 0 Å². The SMILES string of the molecule is C=CC(=O)Nc1ccnnn1. The number of nitrogens with one attached hydrogen (secondary N) is 1. The summed E-state index contributed by atoms with van der Waals surface area (Å²) in [6.45, 7) is 3.28. The van der Waals surface area contributed by atoms with Gasteiger partial charge >= 0.3 is 0 Å². The van der Waals surface area contributed by atoms with Crippen molar-refractivity contribution in [3.05, 3.63) is 24.9 Å². The van der Waals surface area contributed by atoms with E-state index in [9.17, 15) is 4.79 Å². The molecular weight excluding hydrogens is 144 g/mol. The van der Waals surface area contributed by atoms with Crippen molar-refractivity contribution in [1.82, 2.24) is 15.4 Å². The zero-order valence-corrected chi connectivity index (χ0v) is 5.69. The van der Waals surface area contributed by atoms with E-state index in [1.807, 2.05) is 0 Å². The molecule has 0 aliphatic carbocycles. The molecule has 0 spiro atoms. The first-order valence-corrected chi connectivity index (χ1v) is 2.90. The Kier molecular flexibility index (Phi) is 2.27. The molecule has 1 aromatic heterocycles. The first kappa shape index (κ1) is 7.33. The molecule has 5 nitrogen and oxygen atoms in total. The minimum Gasteiger partial charge on any atom is -0.305 e. The van der Waals surface area contributed by atoms with Gasteiger partial charge in [-0.15, -0.1) is 10.2 Å². The van der Waals surface area contributed by atoms with E-state index < -0.39 is 0 Å². The number of amides is 1. The number of rotatable bonds is 2. The van der Waals surface area contributed by atoms with Gasteiger partial charge in [-0.2, -0.15) is 0 Å².